The molecule has 2 saturated heterocycles. The Morgan fingerprint density at radius 2 is 0.963 bits per heavy atom. The maximum Gasteiger partial charge on any atom is 0.0884 e. The second kappa shape index (κ2) is 17.8. The highest BCUT2D eigenvalue weighted by Crippen LogP contribution is 2.52. The van der Waals surface area contributed by atoms with Crippen molar-refractivity contribution in [3.05, 3.63) is 45.1 Å². The number of hydrogen-bond acceptors (Lipinski definition) is 10. The van der Waals surface area contributed by atoms with Gasteiger partial charge in [0.15, 0.2) is 0 Å². The van der Waals surface area contributed by atoms with E-state index in [9.17, 15) is 0 Å². The molecule has 0 radical (unpaired) electrons. The minimum atomic E-state index is 0.307. The lowest BCUT2D eigenvalue weighted by Crippen LogP contribution is -2.45. The zero-order chi connectivity index (χ0) is 37.1. The molecule has 292 valence electrons. The van der Waals surface area contributed by atoms with E-state index in [0.29, 0.717) is 10.8 Å². The molecule has 2 aliphatic rings. The molecule has 0 N–H and O–H groups in total. The Balaban J connectivity index is 0.797. The zero-order valence-electron chi connectivity index (χ0n) is 32.5. The molecule has 2 fully saturated rings. The SMILES string of the molecule is CCC1(COCCCCCCc2cc3sc(-c4sc5sc(-c6cc7sc(CCCCCCOCC8(CC)COC8)cc7s6)c(C)c5c4C)cc3s2)COC1. The Morgan fingerprint density at radius 3 is 1.33 bits per heavy atom. The molecule has 0 saturated carbocycles. The molecule has 0 aromatic carbocycles. The van der Waals surface area contributed by atoms with Gasteiger partial charge in [-0.15, -0.1) is 68.0 Å². The number of rotatable bonds is 22. The van der Waals surface area contributed by atoms with Crippen molar-refractivity contribution in [1.29, 1.82) is 0 Å². The lowest BCUT2D eigenvalue weighted by Gasteiger charge is -2.40. The van der Waals surface area contributed by atoms with Crippen molar-refractivity contribution < 1.29 is 18.9 Å². The third-order valence-corrected chi connectivity index (χ3v) is 19.6. The van der Waals surface area contributed by atoms with E-state index in [1.807, 2.05) is 68.0 Å². The van der Waals surface area contributed by atoms with Crippen LogP contribution in [0.2, 0.25) is 0 Å². The van der Waals surface area contributed by atoms with Crippen LogP contribution in [-0.4, -0.2) is 52.9 Å². The van der Waals surface area contributed by atoms with Crippen LogP contribution in [0.25, 0.3) is 47.7 Å². The molecule has 10 heteroatoms. The maximum atomic E-state index is 5.99. The van der Waals surface area contributed by atoms with Crippen LogP contribution in [0.4, 0.5) is 0 Å². The Morgan fingerprint density at radius 1 is 0.537 bits per heavy atom. The number of ether oxygens (including phenoxy) is 4. The highest BCUT2D eigenvalue weighted by molar-refractivity contribution is 7.43. The van der Waals surface area contributed by atoms with E-state index < -0.39 is 0 Å². The van der Waals surface area contributed by atoms with Crippen molar-refractivity contribution in [2.45, 2.75) is 105 Å². The van der Waals surface area contributed by atoms with Crippen molar-refractivity contribution in [3.63, 3.8) is 0 Å². The van der Waals surface area contributed by atoms with Crippen molar-refractivity contribution in [1.82, 2.24) is 0 Å². The van der Waals surface area contributed by atoms with Crippen LogP contribution in [0.5, 0.6) is 0 Å². The van der Waals surface area contributed by atoms with E-state index in [1.54, 1.807) is 9.75 Å². The summed E-state index contributed by atoms with van der Waals surface area (Å²) in [7, 11) is 0. The number of unbranched alkanes of at least 4 members (excludes halogenated alkanes) is 6. The van der Waals surface area contributed by atoms with Crippen LogP contribution in [-0.2, 0) is 31.8 Å². The summed E-state index contributed by atoms with van der Waals surface area (Å²) in [5.41, 5.74) is 3.54. The Bertz CT molecular complexity index is 1910. The van der Waals surface area contributed by atoms with Crippen molar-refractivity contribution in [2.24, 2.45) is 10.8 Å². The van der Waals surface area contributed by atoms with Crippen LogP contribution < -0.4 is 0 Å². The third kappa shape index (κ3) is 8.64. The fourth-order valence-electron chi connectivity index (χ4n) is 7.84. The molecule has 8 heterocycles. The van der Waals surface area contributed by atoms with E-state index in [1.165, 1.54) is 123 Å². The molecular formula is C44H56O4S6. The predicted octanol–water partition coefficient (Wildman–Crippen LogP) is 14.6. The minimum Gasteiger partial charge on any atom is -0.381 e. The molecule has 6 aromatic rings. The Hall–Kier alpha value is -1.18. The largest absolute Gasteiger partial charge is 0.381 e. The highest BCUT2D eigenvalue weighted by atomic mass is 32.2. The highest BCUT2D eigenvalue weighted by Gasteiger charge is 2.37. The monoisotopic (exact) mass is 840 g/mol. The van der Waals surface area contributed by atoms with Gasteiger partial charge in [0.1, 0.15) is 0 Å². The minimum absolute atomic E-state index is 0.307. The first-order valence-electron chi connectivity index (χ1n) is 20.3. The van der Waals surface area contributed by atoms with Crippen molar-refractivity contribution in [3.8, 4) is 19.5 Å². The van der Waals surface area contributed by atoms with Crippen molar-refractivity contribution in [2.75, 3.05) is 52.9 Å². The smallest absolute Gasteiger partial charge is 0.0884 e. The van der Waals surface area contributed by atoms with Crippen LogP contribution in [0.3, 0.4) is 0 Å². The molecule has 0 amide bonds. The number of fused-ring (bicyclic) bond motifs is 3. The molecule has 0 atom stereocenters. The summed E-state index contributed by atoms with van der Waals surface area (Å²) in [4.78, 5) is 8.90. The third-order valence-electron chi connectivity index (χ3n) is 11.9. The standard InChI is InChI=1S/C44H56O4S6/c1-5-43(25-47-26-43)23-45-17-13-9-7-11-15-31-19-33-35(49-31)21-37(51-33)40-29(3)39-30(4)41(54-42(39)53-40)38-22-36-34(52-38)20-32(50-36)16-12-8-10-14-18-46-24-44(6-2)27-48-28-44/h19-22H,5-18,23-28H2,1-4H3. The van der Waals surface area contributed by atoms with E-state index in [0.717, 1.165) is 65.7 Å². The average molecular weight is 841 g/mol. The fourth-order valence-corrected chi connectivity index (χ4v) is 15.9. The molecule has 2 aliphatic heterocycles. The van der Waals surface area contributed by atoms with Gasteiger partial charge in [-0.05, 0) is 101 Å². The maximum absolute atomic E-state index is 5.99. The van der Waals surface area contributed by atoms with Gasteiger partial charge in [0.05, 0.1) is 43.7 Å². The fraction of sp³-hybridized carbons (Fsp3) is 0.591. The van der Waals surface area contributed by atoms with Crippen molar-refractivity contribution >= 4 is 96.2 Å². The summed E-state index contributed by atoms with van der Waals surface area (Å²) in [6.07, 6.45) is 14.7. The first kappa shape index (κ1) is 39.6. The zero-order valence-corrected chi connectivity index (χ0v) is 37.4. The average Bonchev–Trinajstić information content (AvgIpc) is 3.96. The first-order valence-corrected chi connectivity index (χ1v) is 25.2. The van der Waals surface area contributed by atoms with Gasteiger partial charge in [0, 0.05) is 77.5 Å². The molecule has 54 heavy (non-hydrogen) atoms. The van der Waals surface area contributed by atoms with Crippen LogP contribution in [0, 0.1) is 24.7 Å². The van der Waals surface area contributed by atoms with Gasteiger partial charge in [-0.25, -0.2) is 0 Å². The van der Waals surface area contributed by atoms with Crippen LogP contribution in [0.1, 0.15) is 98.9 Å². The normalized spacial score (nSPS) is 16.6. The topological polar surface area (TPSA) is 36.9 Å². The summed E-state index contributed by atoms with van der Waals surface area (Å²) < 4.78 is 30.1. The summed E-state index contributed by atoms with van der Waals surface area (Å²) in [5.74, 6) is 0. The van der Waals surface area contributed by atoms with E-state index in [-0.39, 0.29) is 0 Å². The molecule has 0 unspecified atom stereocenters. The first-order chi connectivity index (χ1) is 26.4. The molecule has 0 bridgehead atoms. The quantitative estimate of drug-likeness (QED) is 0.0638. The van der Waals surface area contributed by atoms with Gasteiger partial charge in [-0.3, -0.25) is 0 Å². The number of hydrogen-bond donors (Lipinski definition) is 0. The number of thiophene rings is 6. The van der Waals surface area contributed by atoms with E-state index in [4.69, 9.17) is 18.9 Å². The van der Waals surface area contributed by atoms with Gasteiger partial charge in [-0.2, -0.15) is 0 Å². The van der Waals surface area contributed by atoms with E-state index in [2.05, 4.69) is 52.0 Å². The lowest BCUT2D eigenvalue weighted by molar-refractivity contribution is -0.150. The molecule has 0 aliphatic carbocycles. The number of aryl methyl sites for hydroxylation is 4. The second-order valence-electron chi connectivity index (χ2n) is 16.0. The van der Waals surface area contributed by atoms with Gasteiger partial charge >= 0.3 is 0 Å². The van der Waals surface area contributed by atoms with Crippen LogP contribution in [0.15, 0.2) is 24.3 Å². The van der Waals surface area contributed by atoms with Gasteiger partial charge in [-0.1, -0.05) is 39.5 Å². The van der Waals surface area contributed by atoms with Gasteiger partial charge < -0.3 is 18.9 Å². The molecule has 8 rings (SSSR count). The lowest BCUT2D eigenvalue weighted by atomic mass is 9.84. The summed E-state index contributed by atoms with van der Waals surface area (Å²) in [6.45, 7) is 16.2. The molecule has 0 spiro atoms. The Labute approximate surface area is 345 Å². The summed E-state index contributed by atoms with van der Waals surface area (Å²) in [6, 6.07) is 9.87. The summed E-state index contributed by atoms with van der Waals surface area (Å²) in [5, 5.41) is 1.49. The second-order valence-corrected chi connectivity index (χ2v) is 22.8. The van der Waals surface area contributed by atoms with Gasteiger partial charge in [0.2, 0.25) is 0 Å². The van der Waals surface area contributed by atoms with Gasteiger partial charge in [0.25, 0.3) is 0 Å². The Kier molecular flexibility index (Phi) is 13.0. The molecular weight excluding hydrogens is 785 g/mol. The molecule has 4 nitrogen and oxygen atoms in total. The van der Waals surface area contributed by atoms with Crippen LogP contribution >= 0.6 is 68.0 Å². The molecule has 6 aromatic heterocycles. The predicted molar refractivity (Wildman–Crippen MR) is 240 cm³/mol. The summed E-state index contributed by atoms with van der Waals surface area (Å²) >= 11 is 12.0. The van der Waals surface area contributed by atoms with E-state index >= 15 is 0 Å².